The average Bonchev–Trinajstić information content (AvgIpc) is 3.33. The van der Waals surface area contributed by atoms with E-state index in [4.69, 9.17) is 4.42 Å². The van der Waals surface area contributed by atoms with Crippen LogP contribution in [0.15, 0.2) is 108 Å². The van der Waals surface area contributed by atoms with Gasteiger partial charge in [0, 0.05) is 27.4 Å². The number of rotatable bonds is 2. The van der Waals surface area contributed by atoms with Gasteiger partial charge in [0.05, 0.1) is 17.3 Å². The second kappa shape index (κ2) is 5.86. The third-order valence-corrected chi connectivity index (χ3v) is 5.48. The summed E-state index contributed by atoms with van der Waals surface area (Å²) in [4.78, 5) is 0. The standard InChI is InChI=1S/C26H17NO/c1-4-13-24-20(10-1)21-11-2-5-14-25(21)27(24)19-9-7-8-18(16-19)23-17-28-26-15-6-3-12-22(23)26/h1-17H. The van der Waals surface area contributed by atoms with Crippen molar-refractivity contribution in [1.82, 2.24) is 4.57 Å². The Balaban J connectivity index is 1.64. The second-order valence-corrected chi connectivity index (χ2v) is 7.07. The highest BCUT2D eigenvalue weighted by molar-refractivity contribution is 6.09. The van der Waals surface area contributed by atoms with Crippen molar-refractivity contribution in [2.45, 2.75) is 0 Å². The molecule has 6 aromatic rings. The first-order chi connectivity index (χ1) is 13.9. The summed E-state index contributed by atoms with van der Waals surface area (Å²) in [6, 6.07) is 34.1. The van der Waals surface area contributed by atoms with Gasteiger partial charge in [-0.05, 0) is 35.9 Å². The minimum atomic E-state index is 0.916. The van der Waals surface area contributed by atoms with E-state index in [9.17, 15) is 0 Å². The lowest BCUT2D eigenvalue weighted by Gasteiger charge is -2.09. The molecule has 132 valence electrons. The molecular formula is C26H17NO. The number of hydrogen-bond acceptors (Lipinski definition) is 1. The molecule has 2 heteroatoms. The zero-order chi connectivity index (χ0) is 18.5. The van der Waals surface area contributed by atoms with Crippen molar-refractivity contribution < 1.29 is 4.42 Å². The molecule has 28 heavy (non-hydrogen) atoms. The van der Waals surface area contributed by atoms with Gasteiger partial charge in [-0.25, -0.2) is 0 Å². The lowest BCUT2D eigenvalue weighted by molar-refractivity contribution is 0.617. The molecule has 0 aliphatic carbocycles. The van der Waals surface area contributed by atoms with Gasteiger partial charge >= 0.3 is 0 Å². The molecule has 0 saturated heterocycles. The van der Waals surface area contributed by atoms with Crippen molar-refractivity contribution in [2.24, 2.45) is 0 Å². The third-order valence-electron chi connectivity index (χ3n) is 5.48. The molecule has 0 atom stereocenters. The van der Waals surface area contributed by atoms with E-state index in [-0.39, 0.29) is 0 Å². The molecule has 0 unspecified atom stereocenters. The van der Waals surface area contributed by atoms with E-state index >= 15 is 0 Å². The maximum atomic E-state index is 5.77. The van der Waals surface area contributed by atoms with Gasteiger partial charge in [0.15, 0.2) is 0 Å². The van der Waals surface area contributed by atoms with Crippen LogP contribution in [0.5, 0.6) is 0 Å². The van der Waals surface area contributed by atoms with Crippen molar-refractivity contribution >= 4 is 32.8 Å². The Kier molecular flexibility index (Phi) is 3.20. The third kappa shape index (κ3) is 2.15. The van der Waals surface area contributed by atoms with Crippen LogP contribution in [0.3, 0.4) is 0 Å². The molecule has 0 aliphatic rings. The van der Waals surface area contributed by atoms with Crippen LogP contribution >= 0.6 is 0 Å². The largest absolute Gasteiger partial charge is 0.464 e. The van der Waals surface area contributed by atoms with Gasteiger partial charge in [0.2, 0.25) is 0 Å². The van der Waals surface area contributed by atoms with Gasteiger partial charge in [-0.15, -0.1) is 0 Å². The Morgan fingerprint density at radius 2 is 1.21 bits per heavy atom. The van der Waals surface area contributed by atoms with Crippen LogP contribution in [0.2, 0.25) is 0 Å². The molecular weight excluding hydrogens is 342 g/mol. The highest BCUT2D eigenvalue weighted by Gasteiger charge is 2.13. The minimum Gasteiger partial charge on any atom is -0.464 e. The molecule has 4 aromatic carbocycles. The molecule has 0 saturated carbocycles. The van der Waals surface area contributed by atoms with E-state index in [0.717, 1.165) is 27.8 Å². The van der Waals surface area contributed by atoms with Gasteiger partial charge in [-0.2, -0.15) is 0 Å². The van der Waals surface area contributed by atoms with Crippen molar-refractivity contribution in [3.63, 3.8) is 0 Å². The fourth-order valence-electron chi connectivity index (χ4n) is 4.21. The van der Waals surface area contributed by atoms with Gasteiger partial charge in [-0.1, -0.05) is 66.7 Å². The summed E-state index contributed by atoms with van der Waals surface area (Å²) < 4.78 is 8.11. The molecule has 2 nitrogen and oxygen atoms in total. The van der Waals surface area contributed by atoms with Crippen molar-refractivity contribution in [3.8, 4) is 16.8 Å². The maximum absolute atomic E-state index is 5.77. The molecule has 0 aliphatic heterocycles. The van der Waals surface area contributed by atoms with E-state index in [1.54, 1.807) is 0 Å². The molecule has 0 amide bonds. The smallest absolute Gasteiger partial charge is 0.134 e. The van der Waals surface area contributed by atoms with E-state index in [0.29, 0.717) is 0 Å². The summed E-state index contributed by atoms with van der Waals surface area (Å²) in [5.41, 5.74) is 6.79. The Morgan fingerprint density at radius 1 is 0.571 bits per heavy atom. The molecule has 0 spiro atoms. The van der Waals surface area contributed by atoms with Gasteiger partial charge < -0.3 is 8.98 Å². The summed E-state index contributed by atoms with van der Waals surface area (Å²) >= 11 is 0. The number of furan rings is 1. The number of para-hydroxylation sites is 3. The number of nitrogens with zero attached hydrogens (tertiary/aromatic N) is 1. The van der Waals surface area contributed by atoms with Crippen LogP contribution < -0.4 is 0 Å². The monoisotopic (exact) mass is 359 g/mol. The molecule has 2 aromatic heterocycles. The molecule has 2 heterocycles. The first-order valence-corrected chi connectivity index (χ1v) is 9.45. The van der Waals surface area contributed by atoms with Crippen LogP contribution in [0.4, 0.5) is 0 Å². The zero-order valence-electron chi connectivity index (χ0n) is 15.2. The normalized spacial score (nSPS) is 11.6. The first-order valence-electron chi connectivity index (χ1n) is 9.45. The Hall–Kier alpha value is -3.78. The van der Waals surface area contributed by atoms with Crippen LogP contribution in [-0.2, 0) is 0 Å². The van der Waals surface area contributed by atoms with E-state index in [1.165, 1.54) is 21.8 Å². The number of aromatic nitrogens is 1. The SMILES string of the molecule is c1cc(-c2coc3ccccc23)cc(-n2c3ccccc3c3ccccc32)c1. The fourth-order valence-corrected chi connectivity index (χ4v) is 4.21. The van der Waals surface area contributed by atoms with Crippen molar-refractivity contribution in [2.75, 3.05) is 0 Å². The predicted molar refractivity (Wildman–Crippen MR) is 116 cm³/mol. The highest BCUT2D eigenvalue weighted by atomic mass is 16.3. The lowest BCUT2D eigenvalue weighted by atomic mass is 10.0. The van der Waals surface area contributed by atoms with E-state index in [2.05, 4.69) is 89.5 Å². The van der Waals surface area contributed by atoms with Gasteiger partial charge in [0.25, 0.3) is 0 Å². The highest BCUT2D eigenvalue weighted by Crippen LogP contribution is 2.35. The Morgan fingerprint density at radius 3 is 1.96 bits per heavy atom. The minimum absolute atomic E-state index is 0.916. The van der Waals surface area contributed by atoms with Gasteiger partial charge in [-0.3, -0.25) is 0 Å². The van der Waals surface area contributed by atoms with E-state index < -0.39 is 0 Å². The van der Waals surface area contributed by atoms with E-state index in [1.807, 2.05) is 18.4 Å². The Labute approximate surface area is 162 Å². The second-order valence-electron chi connectivity index (χ2n) is 7.07. The molecule has 0 fully saturated rings. The zero-order valence-corrected chi connectivity index (χ0v) is 15.2. The fraction of sp³-hybridized carbons (Fsp3) is 0. The van der Waals surface area contributed by atoms with Gasteiger partial charge in [0.1, 0.15) is 5.58 Å². The lowest BCUT2D eigenvalue weighted by Crippen LogP contribution is -1.93. The molecule has 6 rings (SSSR count). The molecule has 0 radical (unpaired) electrons. The summed E-state index contributed by atoms with van der Waals surface area (Å²) in [6.07, 6.45) is 1.86. The van der Waals surface area contributed by atoms with Crippen LogP contribution in [0, 0.1) is 0 Å². The van der Waals surface area contributed by atoms with Crippen LogP contribution in [-0.4, -0.2) is 4.57 Å². The summed E-state index contributed by atoms with van der Waals surface area (Å²) in [5.74, 6) is 0. The number of hydrogen-bond donors (Lipinski definition) is 0. The quantitative estimate of drug-likeness (QED) is 0.320. The predicted octanol–water partition coefficient (Wildman–Crippen LogP) is 7.20. The number of fused-ring (bicyclic) bond motifs is 4. The topological polar surface area (TPSA) is 18.1 Å². The maximum Gasteiger partial charge on any atom is 0.134 e. The Bertz CT molecular complexity index is 1410. The summed E-state index contributed by atoms with van der Waals surface area (Å²) in [6.45, 7) is 0. The van der Waals surface area contributed by atoms with Crippen molar-refractivity contribution in [3.05, 3.63) is 103 Å². The molecule has 0 bridgehead atoms. The first kappa shape index (κ1) is 15.3. The number of benzene rings is 4. The van der Waals surface area contributed by atoms with Crippen LogP contribution in [0.1, 0.15) is 0 Å². The van der Waals surface area contributed by atoms with Crippen molar-refractivity contribution in [1.29, 1.82) is 0 Å². The summed E-state index contributed by atoms with van der Waals surface area (Å²) in [5, 5.41) is 3.69. The molecule has 0 N–H and O–H groups in total. The summed E-state index contributed by atoms with van der Waals surface area (Å²) in [7, 11) is 0. The van der Waals surface area contributed by atoms with Crippen LogP contribution in [0.25, 0.3) is 49.6 Å². The average molecular weight is 359 g/mol.